The van der Waals surface area contributed by atoms with Gasteiger partial charge in [0.05, 0.1) is 44.8 Å². The zero-order valence-corrected chi connectivity index (χ0v) is 37.6. The van der Waals surface area contributed by atoms with Crippen LogP contribution >= 0.6 is 0 Å². The first-order valence-electron chi connectivity index (χ1n) is 23.2. The molecule has 0 spiro atoms. The lowest BCUT2D eigenvalue weighted by molar-refractivity contribution is 1.28. The summed E-state index contributed by atoms with van der Waals surface area (Å²) in [5, 5.41) is 0. The Morgan fingerprint density at radius 1 is 0.188 bits per heavy atom. The highest BCUT2D eigenvalue weighted by atomic mass is 15.1. The molecule has 10 aromatic carbocycles. The molecule has 0 radical (unpaired) electrons. The van der Waals surface area contributed by atoms with Gasteiger partial charge in [0.2, 0.25) is 0 Å². The maximum atomic E-state index is 5.12. The van der Waals surface area contributed by atoms with Crippen LogP contribution in [0.25, 0.3) is 100 Å². The Morgan fingerprint density at radius 2 is 0.449 bits per heavy atom. The van der Waals surface area contributed by atoms with Gasteiger partial charge in [-0.25, -0.2) is 19.9 Å². The van der Waals surface area contributed by atoms with E-state index in [2.05, 4.69) is 181 Å². The van der Waals surface area contributed by atoms with Crippen molar-refractivity contribution in [1.29, 1.82) is 0 Å². The number of fused-ring (bicyclic) bond motifs is 2. The number of nitrogens with zero attached hydrogens (tertiary/aromatic N) is 5. The Balaban J connectivity index is 0.862. The molecule has 0 fully saturated rings. The van der Waals surface area contributed by atoms with Gasteiger partial charge < -0.3 is 4.90 Å². The average molecular weight is 882 g/mol. The quantitative estimate of drug-likeness (QED) is 0.137. The SMILES string of the molecule is c1ccc(-c2cccc(N(c3ccc(-c4ccc(-c5nc6ccccc6nc5-c5ccccc5)cc4)cc3)c3ccc(-c4ccc(-c5nc6ccccc6nc5-c5ccccc5)cc4)cc3)c2)cc1. The first-order chi connectivity index (χ1) is 34.2. The van der Waals surface area contributed by atoms with Gasteiger partial charge in [-0.05, 0) is 94.0 Å². The molecular weight excluding hydrogens is 839 g/mol. The first kappa shape index (κ1) is 41.1. The second-order valence-corrected chi connectivity index (χ2v) is 17.1. The van der Waals surface area contributed by atoms with E-state index in [0.717, 1.165) is 112 Å². The summed E-state index contributed by atoms with van der Waals surface area (Å²) in [5.74, 6) is 0. The van der Waals surface area contributed by atoms with E-state index in [4.69, 9.17) is 19.9 Å². The van der Waals surface area contributed by atoms with Crippen LogP contribution in [0.5, 0.6) is 0 Å². The van der Waals surface area contributed by atoms with Crippen molar-refractivity contribution >= 4 is 39.1 Å². The van der Waals surface area contributed by atoms with E-state index in [1.165, 1.54) is 5.56 Å². The van der Waals surface area contributed by atoms with E-state index in [1.807, 2.05) is 84.9 Å². The summed E-state index contributed by atoms with van der Waals surface area (Å²) >= 11 is 0. The Bertz CT molecular complexity index is 3520. The third-order valence-electron chi connectivity index (χ3n) is 12.7. The van der Waals surface area contributed by atoms with Crippen LogP contribution in [-0.4, -0.2) is 19.9 Å². The number of hydrogen-bond donors (Lipinski definition) is 0. The molecule has 0 aliphatic rings. The van der Waals surface area contributed by atoms with Gasteiger partial charge in [-0.3, -0.25) is 0 Å². The van der Waals surface area contributed by atoms with E-state index in [0.29, 0.717) is 0 Å². The van der Waals surface area contributed by atoms with Gasteiger partial charge in [0.15, 0.2) is 0 Å². The number of para-hydroxylation sites is 4. The predicted molar refractivity (Wildman–Crippen MR) is 285 cm³/mol. The van der Waals surface area contributed by atoms with Crippen LogP contribution in [0.2, 0.25) is 0 Å². The lowest BCUT2D eigenvalue weighted by Gasteiger charge is -2.26. The lowest BCUT2D eigenvalue weighted by Crippen LogP contribution is -2.10. The molecule has 0 saturated carbocycles. The average Bonchev–Trinajstić information content (AvgIpc) is 3.44. The molecule has 0 aliphatic carbocycles. The van der Waals surface area contributed by atoms with Crippen molar-refractivity contribution in [3.8, 4) is 78.4 Å². The topological polar surface area (TPSA) is 54.8 Å². The predicted octanol–water partition coefficient (Wildman–Crippen LogP) is 16.7. The summed E-state index contributed by atoms with van der Waals surface area (Å²) in [6.45, 7) is 0. The summed E-state index contributed by atoms with van der Waals surface area (Å²) in [6, 6.07) is 91.1. The monoisotopic (exact) mass is 881 g/mol. The summed E-state index contributed by atoms with van der Waals surface area (Å²) in [4.78, 5) is 22.7. The Hall–Kier alpha value is -9.32. The van der Waals surface area contributed by atoms with E-state index in [-0.39, 0.29) is 0 Å². The number of aromatic nitrogens is 4. The zero-order chi connectivity index (χ0) is 45.9. The normalized spacial score (nSPS) is 11.2. The molecule has 0 bridgehead atoms. The summed E-state index contributed by atoms with van der Waals surface area (Å²) in [7, 11) is 0. The number of rotatable bonds is 10. The highest BCUT2D eigenvalue weighted by Crippen LogP contribution is 2.40. The van der Waals surface area contributed by atoms with Crippen LogP contribution in [0.3, 0.4) is 0 Å². The molecule has 0 N–H and O–H groups in total. The first-order valence-corrected chi connectivity index (χ1v) is 23.2. The Kier molecular flexibility index (Phi) is 10.8. The maximum Gasteiger partial charge on any atom is 0.0973 e. The van der Waals surface area contributed by atoms with Crippen molar-refractivity contribution in [2.45, 2.75) is 0 Å². The van der Waals surface area contributed by atoms with Gasteiger partial charge in [-0.2, -0.15) is 0 Å². The van der Waals surface area contributed by atoms with Crippen LogP contribution < -0.4 is 4.90 Å². The number of anilines is 3. The third kappa shape index (κ3) is 8.30. The maximum absolute atomic E-state index is 5.12. The molecular formula is C64H43N5. The number of hydrogen-bond acceptors (Lipinski definition) is 5. The largest absolute Gasteiger partial charge is 0.310 e. The van der Waals surface area contributed by atoms with E-state index in [9.17, 15) is 0 Å². The fourth-order valence-electron chi connectivity index (χ4n) is 9.15. The molecule has 324 valence electrons. The molecule has 2 aromatic heterocycles. The molecule has 12 rings (SSSR count). The molecule has 0 aliphatic heterocycles. The van der Waals surface area contributed by atoms with Crippen molar-refractivity contribution in [2.75, 3.05) is 4.90 Å². The smallest absolute Gasteiger partial charge is 0.0973 e. The minimum atomic E-state index is 0.867. The highest BCUT2D eigenvalue weighted by Gasteiger charge is 2.18. The Morgan fingerprint density at radius 3 is 0.812 bits per heavy atom. The van der Waals surface area contributed by atoms with E-state index in [1.54, 1.807) is 0 Å². The van der Waals surface area contributed by atoms with Crippen molar-refractivity contribution < 1.29 is 0 Å². The molecule has 69 heavy (non-hydrogen) atoms. The van der Waals surface area contributed by atoms with Crippen molar-refractivity contribution in [2.24, 2.45) is 0 Å². The van der Waals surface area contributed by atoms with Crippen LogP contribution in [0, 0.1) is 0 Å². The standard InChI is InChI=1S/C64H43N5/c1-4-15-44(16-5-1)53-21-14-22-56(43-53)69(54-39-35-47(36-40-54)45-27-31-51(32-28-45)63-61(49-17-6-2-7-18-49)65-57-23-10-12-25-59(57)67-63)55-41-37-48(38-42-55)46-29-33-52(34-30-46)64-62(50-19-8-3-9-20-50)66-58-24-11-13-26-60(58)68-64/h1-43H. The fraction of sp³-hybridized carbons (Fsp3) is 0. The van der Waals surface area contributed by atoms with Gasteiger partial charge in [-0.15, -0.1) is 0 Å². The van der Waals surface area contributed by atoms with Gasteiger partial charge in [0.25, 0.3) is 0 Å². The Labute approximate surface area is 401 Å². The summed E-state index contributed by atoms with van der Waals surface area (Å²) < 4.78 is 0. The second kappa shape index (κ2) is 18.2. The van der Waals surface area contributed by atoms with Crippen molar-refractivity contribution in [1.82, 2.24) is 19.9 Å². The minimum Gasteiger partial charge on any atom is -0.310 e. The summed E-state index contributed by atoms with van der Waals surface area (Å²) in [6.07, 6.45) is 0. The summed E-state index contributed by atoms with van der Waals surface area (Å²) in [5.41, 5.74) is 21.1. The van der Waals surface area contributed by atoms with Gasteiger partial charge in [0, 0.05) is 39.3 Å². The molecule has 12 aromatic rings. The van der Waals surface area contributed by atoms with Crippen molar-refractivity contribution in [3.05, 3.63) is 261 Å². The van der Waals surface area contributed by atoms with E-state index >= 15 is 0 Å². The molecule has 5 nitrogen and oxygen atoms in total. The molecule has 0 unspecified atom stereocenters. The van der Waals surface area contributed by atoms with Gasteiger partial charge in [-0.1, -0.05) is 200 Å². The van der Waals surface area contributed by atoms with Crippen LogP contribution in [0.4, 0.5) is 17.1 Å². The lowest BCUT2D eigenvalue weighted by atomic mass is 9.99. The van der Waals surface area contributed by atoms with Crippen LogP contribution in [0.1, 0.15) is 0 Å². The van der Waals surface area contributed by atoms with Crippen LogP contribution in [0.15, 0.2) is 261 Å². The van der Waals surface area contributed by atoms with E-state index < -0.39 is 0 Å². The minimum absolute atomic E-state index is 0.867. The molecule has 0 atom stereocenters. The van der Waals surface area contributed by atoms with Crippen LogP contribution in [-0.2, 0) is 0 Å². The fourth-order valence-corrected chi connectivity index (χ4v) is 9.15. The third-order valence-corrected chi connectivity index (χ3v) is 12.7. The number of benzene rings is 10. The van der Waals surface area contributed by atoms with Crippen molar-refractivity contribution in [3.63, 3.8) is 0 Å². The molecule has 2 heterocycles. The van der Waals surface area contributed by atoms with Gasteiger partial charge in [0.1, 0.15) is 0 Å². The second-order valence-electron chi connectivity index (χ2n) is 17.1. The molecule has 5 heteroatoms. The zero-order valence-electron chi connectivity index (χ0n) is 37.6. The highest BCUT2D eigenvalue weighted by molar-refractivity contribution is 5.89. The molecule has 0 saturated heterocycles. The molecule has 0 amide bonds. The van der Waals surface area contributed by atoms with Gasteiger partial charge >= 0.3 is 0 Å².